The maximum absolute atomic E-state index is 11.9. The fourth-order valence-electron chi connectivity index (χ4n) is 2.16. The van der Waals surface area contributed by atoms with Crippen molar-refractivity contribution in [3.8, 4) is 0 Å². The van der Waals surface area contributed by atoms with E-state index in [0.717, 1.165) is 6.42 Å². The maximum Gasteiger partial charge on any atom is 0.471 e. The average molecular weight is 271 g/mol. The molecule has 0 heterocycles. The fraction of sp³-hybridized carbons (Fsp3) is 0.900. The topological polar surface area (TPSA) is 49.3 Å². The van der Waals surface area contributed by atoms with E-state index in [-0.39, 0.29) is 23.8 Å². The van der Waals surface area contributed by atoms with Gasteiger partial charge in [0.2, 0.25) is 0 Å². The summed E-state index contributed by atoms with van der Waals surface area (Å²) in [6, 6.07) is 0. The number of nitrogens with one attached hydrogen (secondary N) is 1. The van der Waals surface area contributed by atoms with Gasteiger partial charge in [-0.2, -0.15) is 24.9 Å². The van der Waals surface area contributed by atoms with E-state index in [9.17, 15) is 23.1 Å². The lowest BCUT2D eigenvalue weighted by Gasteiger charge is -2.20. The van der Waals surface area contributed by atoms with Gasteiger partial charge in [0, 0.05) is 11.8 Å². The normalized spacial score (nSPS) is 29.4. The van der Waals surface area contributed by atoms with Crippen LogP contribution in [-0.2, 0) is 4.79 Å². The molecule has 0 aromatic carbocycles. The van der Waals surface area contributed by atoms with Crippen LogP contribution >= 0.6 is 11.8 Å². The number of halogens is 3. The number of aliphatic hydroxyl groups excluding tert-OH is 1. The van der Waals surface area contributed by atoms with Crippen molar-refractivity contribution in [1.29, 1.82) is 0 Å². The summed E-state index contributed by atoms with van der Waals surface area (Å²) in [5.74, 6) is -1.72. The minimum Gasteiger partial charge on any atom is -0.392 e. The summed E-state index contributed by atoms with van der Waals surface area (Å²) in [4.78, 5) is 10.6. The van der Waals surface area contributed by atoms with Crippen LogP contribution in [0.4, 0.5) is 13.2 Å². The summed E-state index contributed by atoms with van der Waals surface area (Å²) in [6.45, 7) is 0.00674. The fourth-order valence-corrected chi connectivity index (χ4v) is 3.26. The molecule has 1 saturated carbocycles. The predicted octanol–water partition coefficient (Wildman–Crippen LogP) is 1.56. The van der Waals surface area contributed by atoms with Crippen LogP contribution < -0.4 is 5.32 Å². The molecule has 3 atom stereocenters. The third-order valence-electron chi connectivity index (χ3n) is 3.01. The molecule has 17 heavy (non-hydrogen) atoms. The molecule has 0 spiro atoms. The second-order valence-corrected chi connectivity index (χ2v) is 5.16. The summed E-state index contributed by atoms with van der Waals surface area (Å²) in [6.07, 6.45) is -1.36. The molecule has 3 nitrogen and oxygen atoms in total. The second-order valence-electron chi connectivity index (χ2n) is 4.15. The molecule has 1 aliphatic rings. The van der Waals surface area contributed by atoms with Crippen molar-refractivity contribution in [2.75, 3.05) is 12.8 Å². The largest absolute Gasteiger partial charge is 0.471 e. The Morgan fingerprint density at radius 2 is 2.12 bits per heavy atom. The molecule has 100 valence electrons. The minimum atomic E-state index is -4.81. The molecule has 0 saturated heterocycles. The first-order valence-corrected chi connectivity index (χ1v) is 6.71. The monoisotopic (exact) mass is 271 g/mol. The van der Waals surface area contributed by atoms with Crippen LogP contribution in [-0.4, -0.2) is 41.3 Å². The Morgan fingerprint density at radius 3 is 2.65 bits per heavy atom. The molecule has 1 fully saturated rings. The first-order chi connectivity index (χ1) is 7.86. The minimum absolute atomic E-state index is 0.00674. The molecular weight excluding hydrogens is 255 g/mol. The van der Waals surface area contributed by atoms with E-state index in [1.807, 2.05) is 11.6 Å². The molecule has 0 bridgehead atoms. The van der Waals surface area contributed by atoms with Crippen LogP contribution in [0.2, 0.25) is 0 Å². The molecule has 1 rings (SSSR count). The highest BCUT2D eigenvalue weighted by atomic mass is 32.2. The van der Waals surface area contributed by atoms with Crippen molar-refractivity contribution < 1.29 is 23.1 Å². The van der Waals surface area contributed by atoms with E-state index in [1.54, 1.807) is 0 Å². The summed E-state index contributed by atoms with van der Waals surface area (Å²) in [7, 11) is 0. The Balaban J connectivity index is 2.30. The lowest BCUT2D eigenvalue weighted by Crippen LogP contribution is -2.38. The van der Waals surface area contributed by atoms with E-state index in [0.29, 0.717) is 12.8 Å². The second kappa shape index (κ2) is 5.95. The van der Waals surface area contributed by atoms with Gasteiger partial charge in [0.25, 0.3) is 0 Å². The maximum atomic E-state index is 11.9. The van der Waals surface area contributed by atoms with E-state index < -0.39 is 12.1 Å². The van der Waals surface area contributed by atoms with E-state index in [4.69, 9.17) is 0 Å². The van der Waals surface area contributed by atoms with Crippen LogP contribution in [0, 0.1) is 5.92 Å². The quantitative estimate of drug-likeness (QED) is 0.816. The number of alkyl halides is 3. The SMILES string of the molecule is CS[C@@H]1[C@@H](CCNC(=O)C(F)(F)F)CC[C@H]1O. The van der Waals surface area contributed by atoms with Gasteiger partial charge in [0.1, 0.15) is 0 Å². The highest BCUT2D eigenvalue weighted by Crippen LogP contribution is 2.35. The van der Waals surface area contributed by atoms with Crippen molar-refractivity contribution in [3.05, 3.63) is 0 Å². The van der Waals surface area contributed by atoms with E-state index in [2.05, 4.69) is 0 Å². The Bertz CT molecular complexity index is 273. The Hall–Kier alpha value is -0.430. The third-order valence-corrected chi connectivity index (χ3v) is 4.25. The molecule has 7 heteroatoms. The Kier molecular flexibility index (Phi) is 5.12. The Morgan fingerprint density at radius 1 is 1.47 bits per heavy atom. The molecule has 0 aromatic rings. The number of amides is 1. The zero-order valence-corrected chi connectivity index (χ0v) is 10.3. The lowest BCUT2D eigenvalue weighted by molar-refractivity contribution is -0.173. The third kappa shape index (κ3) is 4.06. The summed E-state index contributed by atoms with van der Waals surface area (Å²) in [5, 5.41) is 11.5. The first kappa shape index (κ1) is 14.6. The van der Waals surface area contributed by atoms with Gasteiger partial charge in [0.05, 0.1) is 6.10 Å². The number of hydrogen-bond acceptors (Lipinski definition) is 3. The van der Waals surface area contributed by atoms with E-state index >= 15 is 0 Å². The molecule has 0 aromatic heterocycles. The van der Waals surface area contributed by atoms with Gasteiger partial charge in [-0.15, -0.1) is 0 Å². The van der Waals surface area contributed by atoms with Crippen molar-refractivity contribution in [1.82, 2.24) is 5.32 Å². The van der Waals surface area contributed by atoms with Gasteiger partial charge in [-0.3, -0.25) is 4.79 Å². The number of carbonyl (C=O) groups is 1. The van der Waals surface area contributed by atoms with Gasteiger partial charge in [0.15, 0.2) is 0 Å². The molecule has 1 amide bonds. The van der Waals surface area contributed by atoms with Crippen molar-refractivity contribution >= 4 is 17.7 Å². The summed E-state index contributed by atoms with van der Waals surface area (Å²) in [5.41, 5.74) is 0. The molecule has 1 aliphatic carbocycles. The van der Waals surface area contributed by atoms with Gasteiger partial charge >= 0.3 is 12.1 Å². The lowest BCUT2D eigenvalue weighted by atomic mass is 10.0. The zero-order chi connectivity index (χ0) is 13.1. The van der Waals surface area contributed by atoms with Crippen LogP contribution in [0.15, 0.2) is 0 Å². The molecule has 0 aliphatic heterocycles. The van der Waals surface area contributed by atoms with Crippen LogP contribution in [0.3, 0.4) is 0 Å². The van der Waals surface area contributed by atoms with Gasteiger partial charge < -0.3 is 10.4 Å². The standard InChI is InChI=1S/C10H16F3NO2S/c1-17-8-6(2-3-7(8)15)4-5-14-9(16)10(11,12)13/h6-8,15H,2-5H2,1H3,(H,14,16)/t6-,7-,8-/m1/s1. The van der Waals surface area contributed by atoms with Crippen molar-refractivity contribution in [2.45, 2.75) is 36.8 Å². The van der Waals surface area contributed by atoms with Crippen LogP contribution in [0.25, 0.3) is 0 Å². The number of hydrogen-bond donors (Lipinski definition) is 2. The molecule has 0 radical (unpaired) electrons. The smallest absolute Gasteiger partial charge is 0.392 e. The van der Waals surface area contributed by atoms with Gasteiger partial charge in [-0.1, -0.05) is 0 Å². The van der Waals surface area contributed by atoms with Crippen molar-refractivity contribution in [2.24, 2.45) is 5.92 Å². The van der Waals surface area contributed by atoms with E-state index in [1.165, 1.54) is 11.8 Å². The Labute approximate surface area is 102 Å². The molecule has 0 unspecified atom stereocenters. The number of rotatable bonds is 4. The average Bonchev–Trinajstić information content (AvgIpc) is 2.57. The highest BCUT2D eigenvalue weighted by Gasteiger charge is 2.39. The number of thioether (sulfide) groups is 1. The zero-order valence-electron chi connectivity index (χ0n) is 9.46. The highest BCUT2D eigenvalue weighted by molar-refractivity contribution is 7.99. The van der Waals surface area contributed by atoms with Gasteiger partial charge in [-0.25, -0.2) is 0 Å². The number of aliphatic hydroxyl groups is 1. The number of carbonyl (C=O) groups excluding carboxylic acids is 1. The summed E-state index contributed by atoms with van der Waals surface area (Å²) < 4.78 is 35.7. The molecular formula is C10H16F3NO2S. The predicted molar refractivity (Wildman–Crippen MR) is 59.7 cm³/mol. The molecule has 2 N–H and O–H groups in total. The first-order valence-electron chi connectivity index (χ1n) is 5.42. The summed E-state index contributed by atoms with van der Waals surface area (Å²) >= 11 is 1.53. The van der Waals surface area contributed by atoms with Gasteiger partial charge in [-0.05, 0) is 31.4 Å². The van der Waals surface area contributed by atoms with Crippen LogP contribution in [0.1, 0.15) is 19.3 Å². The van der Waals surface area contributed by atoms with Crippen LogP contribution in [0.5, 0.6) is 0 Å². The van der Waals surface area contributed by atoms with Crippen molar-refractivity contribution in [3.63, 3.8) is 0 Å².